The smallest absolute Gasteiger partial charge is 0.0462 e. The monoisotopic (exact) mass is 639 g/mol. The molecule has 0 aliphatic heterocycles. The minimum Gasteiger partial charge on any atom is -0.311 e. The van der Waals surface area contributed by atoms with Crippen molar-refractivity contribution in [2.45, 2.75) is 19.3 Å². The summed E-state index contributed by atoms with van der Waals surface area (Å²) in [6.45, 7) is 4.74. The minimum absolute atomic E-state index is 0.109. The Morgan fingerprint density at radius 1 is 0.360 bits per heavy atom. The summed E-state index contributed by atoms with van der Waals surface area (Å²) in [6, 6.07) is 68.4. The molecule has 0 amide bonds. The van der Waals surface area contributed by atoms with E-state index in [2.05, 4.69) is 207 Å². The predicted octanol–water partition coefficient (Wildman–Crippen LogP) is 13.6. The van der Waals surface area contributed by atoms with E-state index in [-0.39, 0.29) is 5.41 Å². The fourth-order valence-electron chi connectivity index (χ4n) is 7.92. The first kappa shape index (κ1) is 29.9. The van der Waals surface area contributed by atoms with Gasteiger partial charge in [0.1, 0.15) is 0 Å². The van der Waals surface area contributed by atoms with Crippen LogP contribution in [0.25, 0.3) is 55.3 Å². The lowest BCUT2D eigenvalue weighted by atomic mass is 9.67. The molecular formula is C49H37N. The van der Waals surface area contributed by atoms with Crippen LogP contribution in [0.15, 0.2) is 188 Å². The third-order valence-electron chi connectivity index (χ3n) is 10.5. The average molecular weight is 640 g/mol. The van der Waals surface area contributed by atoms with Crippen LogP contribution in [0.3, 0.4) is 0 Å². The van der Waals surface area contributed by atoms with E-state index in [1.165, 1.54) is 66.4 Å². The molecule has 0 atom stereocenters. The van der Waals surface area contributed by atoms with Gasteiger partial charge in [0.15, 0.2) is 0 Å². The highest BCUT2D eigenvalue weighted by molar-refractivity contribution is 6.09. The van der Waals surface area contributed by atoms with Crippen LogP contribution in [0.5, 0.6) is 0 Å². The summed E-state index contributed by atoms with van der Waals surface area (Å²) in [6.07, 6.45) is 0. The maximum Gasteiger partial charge on any atom is 0.0462 e. The molecule has 0 saturated heterocycles. The molecule has 0 unspecified atom stereocenters. The standard InChI is InChI=1S/C49H37N/c1-49(2)45-32-28-39(34-13-6-3-7-14-34)33-44(45)48-43(31-27-38-15-12-20-46(49)47(38)48)37-23-21-35(22-24-37)36-25-29-42(30-26-36)50(40-16-8-4-9-17-40)41-18-10-5-11-19-41/h3-33H,1-2H3. The molecule has 0 radical (unpaired) electrons. The first-order valence-corrected chi connectivity index (χ1v) is 17.4. The highest BCUT2D eigenvalue weighted by Crippen LogP contribution is 2.52. The lowest BCUT2D eigenvalue weighted by Gasteiger charge is -2.36. The molecule has 0 saturated carbocycles. The number of anilines is 3. The number of rotatable bonds is 6. The second kappa shape index (κ2) is 12.1. The molecule has 0 N–H and O–H groups in total. The summed E-state index contributed by atoms with van der Waals surface area (Å²) in [4.78, 5) is 2.30. The Labute approximate surface area is 294 Å². The van der Waals surface area contributed by atoms with Gasteiger partial charge < -0.3 is 4.90 Å². The van der Waals surface area contributed by atoms with Crippen molar-refractivity contribution in [2.24, 2.45) is 0 Å². The number of fused-ring (bicyclic) bond motifs is 2. The number of hydrogen-bond acceptors (Lipinski definition) is 1. The van der Waals surface area contributed by atoms with Gasteiger partial charge in [-0.15, -0.1) is 0 Å². The van der Waals surface area contributed by atoms with Crippen molar-refractivity contribution in [2.75, 3.05) is 4.90 Å². The first-order valence-electron chi connectivity index (χ1n) is 17.4. The summed E-state index contributed by atoms with van der Waals surface area (Å²) in [7, 11) is 0. The third kappa shape index (κ3) is 5.02. The first-order chi connectivity index (χ1) is 24.6. The molecule has 1 nitrogen and oxygen atoms in total. The molecule has 238 valence electrons. The van der Waals surface area contributed by atoms with Gasteiger partial charge in [0.05, 0.1) is 0 Å². The Balaban J connectivity index is 1.12. The molecule has 0 aromatic heterocycles. The van der Waals surface area contributed by atoms with E-state index in [0.29, 0.717) is 0 Å². The summed E-state index contributed by atoms with van der Waals surface area (Å²) in [5.41, 5.74) is 16.1. The summed E-state index contributed by atoms with van der Waals surface area (Å²) < 4.78 is 0. The Hall–Kier alpha value is -6.18. The summed E-state index contributed by atoms with van der Waals surface area (Å²) in [5, 5.41) is 2.66. The van der Waals surface area contributed by atoms with Crippen molar-refractivity contribution in [1.29, 1.82) is 0 Å². The van der Waals surface area contributed by atoms with E-state index in [4.69, 9.17) is 0 Å². The fourth-order valence-corrected chi connectivity index (χ4v) is 7.92. The second-order valence-corrected chi connectivity index (χ2v) is 13.8. The van der Waals surface area contributed by atoms with Crippen molar-refractivity contribution in [3.8, 4) is 44.5 Å². The van der Waals surface area contributed by atoms with Gasteiger partial charge in [-0.05, 0) is 109 Å². The SMILES string of the molecule is CC1(C)c2ccc(-c3ccccc3)cc2-c2c(-c3ccc(-c4ccc(N(c5ccccc5)c5ccccc5)cc4)cc3)ccc3cccc1c23. The lowest BCUT2D eigenvalue weighted by molar-refractivity contribution is 0.645. The largest absolute Gasteiger partial charge is 0.311 e. The molecule has 1 aliphatic carbocycles. The molecule has 8 aromatic carbocycles. The zero-order valence-corrected chi connectivity index (χ0v) is 28.3. The van der Waals surface area contributed by atoms with Crippen LogP contribution in [-0.4, -0.2) is 0 Å². The highest BCUT2D eigenvalue weighted by atomic mass is 15.1. The molecule has 9 rings (SSSR count). The van der Waals surface area contributed by atoms with Gasteiger partial charge in [-0.2, -0.15) is 0 Å². The van der Waals surface area contributed by atoms with E-state index < -0.39 is 0 Å². The Kier molecular flexibility index (Phi) is 7.21. The van der Waals surface area contributed by atoms with E-state index in [1.54, 1.807) is 0 Å². The summed E-state index contributed by atoms with van der Waals surface area (Å²) in [5.74, 6) is 0. The molecule has 0 bridgehead atoms. The van der Waals surface area contributed by atoms with Gasteiger partial charge in [0.2, 0.25) is 0 Å². The van der Waals surface area contributed by atoms with Gasteiger partial charge in [0.25, 0.3) is 0 Å². The normalized spacial score (nSPS) is 12.8. The molecule has 1 heteroatoms. The maximum absolute atomic E-state index is 2.42. The van der Waals surface area contributed by atoms with Crippen molar-refractivity contribution in [1.82, 2.24) is 0 Å². The van der Waals surface area contributed by atoms with Gasteiger partial charge in [-0.1, -0.05) is 159 Å². The molecule has 1 aliphatic rings. The molecular weight excluding hydrogens is 603 g/mol. The number of para-hydroxylation sites is 2. The Morgan fingerprint density at radius 3 is 1.52 bits per heavy atom. The van der Waals surface area contributed by atoms with Crippen LogP contribution in [0.1, 0.15) is 25.0 Å². The molecule has 0 fully saturated rings. The quantitative estimate of drug-likeness (QED) is 0.175. The molecule has 50 heavy (non-hydrogen) atoms. The zero-order valence-electron chi connectivity index (χ0n) is 28.3. The van der Waals surface area contributed by atoms with Crippen molar-refractivity contribution in [3.63, 3.8) is 0 Å². The van der Waals surface area contributed by atoms with E-state index in [9.17, 15) is 0 Å². The van der Waals surface area contributed by atoms with Gasteiger partial charge >= 0.3 is 0 Å². The number of benzene rings is 8. The molecule has 0 heterocycles. The van der Waals surface area contributed by atoms with E-state index in [1.807, 2.05) is 0 Å². The minimum atomic E-state index is -0.109. The van der Waals surface area contributed by atoms with E-state index in [0.717, 1.165) is 17.1 Å². The molecule has 0 spiro atoms. The van der Waals surface area contributed by atoms with Crippen LogP contribution < -0.4 is 4.90 Å². The predicted molar refractivity (Wildman–Crippen MR) is 213 cm³/mol. The molecule has 8 aromatic rings. The maximum atomic E-state index is 2.42. The van der Waals surface area contributed by atoms with Crippen LogP contribution in [-0.2, 0) is 5.41 Å². The number of nitrogens with zero attached hydrogens (tertiary/aromatic N) is 1. The highest BCUT2D eigenvalue weighted by Gasteiger charge is 2.34. The Bertz CT molecular complexity index is 2420. The van der Waals surface area contributed by atoms with Crippen molar-refractivity contribution >= 4 is 27.8 Å². The van der Waals surface area contributed by atoms with Crippen LogP contribution in [0, 0.1) is 0 Å². The van der Waals surface area contributed by atoms with Crippen LogP contribution in [0.4, 0.5) is 17.1 Å². The van der Waals surface area contributed by atoms with Crippen LogP contribution >= 0.6 is 0 Å². The zero-order chi connectivity index (χ0) is 33.7. The van der Waals surface area contributed by atoms with Crippen molar-refractivity contribution < 1.29 is 0 Å². The topological polar surface area (TPSA) is 3.24 Å². The Morgan fingerprint density at radius 2 is 0.880 bits per heavy atom. The summed E-state index contributed by atoms with van der Waals surface area (Å²) >= 11 is 0. The fraction of sp³-hybridized carbons (Fsp3) is 0.0612. The van der Waals surface area contributed by atoms with E-state index >= 15 is 0 Å². The number of hydrogen-bond donors (Lipinski definition) is 0. The van der Waals surface area contributed by atoms with Crippen LogP contribution in [0.2, 0.25) is 0 Å². The average Bonchev–Trinajstić information content (AvgIpc) is 3.18. The van der Waals surface area contributed by atoms with Gasteiger partial charge in [0, 0.05) is 22.5 Å². The third-order valence-corrected chi connectivity index (χ3v) is 10.5. The second-order valence-electron chi connectivity index (χ2n) is 13.8. The van der Waals surface area contributed by atoms with Gasteiger partial charge in [-0.3, -0.25) is 0 Å². The van der Waals surface area contributed by atoms with Crippen molar-refractivity contribution in [3.05, 3.63) is 199 Å². The van der Waals surface area contributed by atoms with Gasteiger partial charge in [-0.25, -0.2) is 0 Å². The lowest BCUT2D eigenvalue weighted by Crippen LogP contribution is -2.24.